The number of anilines is 2. The topological polar surface area (TPSA) is 42.2 Å². The van der Waals surface area contributed by atoms with Gasteiger partial charge in [0.15, 0.2) is 5.65 Å². The Bertz CT molecular complexity index is 1140. The molecule has 0 aliphatic carbocycles. The average Bonchev–Trinajstić information content (AvgIpc) is 3.06. The summed E-state index contributed by atoms with van der Waals surface area (Å²) in [5, 5.41) is 9.39. The van der Waals surface area contributed by atoms with Crippen LogP contribution in [0.1, 0.15) is 26.5 Å². The van der Waals surface area contributed by atoms with Crippen molar-refractivity contribution in [3.05, 3.63) is 76.5 Å². The molecule has 4 aromatic rings. The molecule has 142 valence electrons. The van der Waals surface area contributed by atoms with Crippen LogP contribution in [0.4, 0.5) is 11.5 Å². The van der Waals surface area contributed by atoms with Crippen molar-refractivity contribution in [2.75, 3.05) is 5.32 Å². The van der Waals surface area contributed by atoms with Crippen LogP contribution < -0.4 is 5.32 Å². The van der Waals surface area contributed by atoms with Gasteiger partial charge in [-0.05, 0) is 35.9 Å². The van der Waals surface area contributed by atoms with Gasteiger partial charge in [0.25, 0.3) is 0 Å². The molecule has 0 amide bonds. The first-order valence-electron chi connectivity index (χ1n) is 8.99. The fourth-order valence-corrected chi connectivity index (χ4v) is 3.30. The normalized spacial score (nSPS) is 11.8. The van der Waals surface area contributed by atoms with Gasteiger partial charge in [0.05, 0.1) is 11.9 Å². The summed E-state index contributed by atoms with van der Waals surface area (Å²) in [4.78, 5) is 4.93. The van der Waals surface area contributed by atoms with Gasteiger partial charge in [0.2, 0.25) is 0 Å². The van der Waals surface area contributed by atoms with E-state index in [2.05, 4.69) is 31.2 Å². The van der Waals surface area contributed by atoms with Crippen LogP contribution in [0.25, 0.3) is 16.8 Å². The average molecular weight is 411 g/mol. The van der Waals surface area contributed by atoms with Crippen molar-refractivity contribution in [3.63, 3.8) is 0 Å². The molecule has 1 N–H and O–H groups in total. The van der Waals surface area contributed by atoms with Gasteiger partial charge in [-0.2, -0.15) is 9.61 Å². The lowest BCUT2D eigenvalue weighted by Gasteiger charge is -2.20. The lowest BCUT2D eigenvalue weighted by Crippen LogP contribution is -2.16. The highest BCUT2D eigenvalue weighted by atomic mass is 35.5. The zero-order chi connectivity index (χ0) is 19.9. The summed E-state index contributed by atoms with van der Waals surface area (Å²) in [5.74, 6) is 0.831. The van der Waals surface area contributed by atoms with Gasteiger partial charge in [-0.3, -0.25) is 0 Å². The molecule has 0 saturated heterocycles. The van der Waals surface area contributed by atoms with E-state index in [4.69, 9.17) is 28.2 Å². The standard InChI is InChI=1S/C22H20Cl2N4/c1-22(2,3)19-12-20(26-17-6-4-5-16(24)11-17)28-21(27-19)18(13-25-28)14-7-9-15(23)10-8-14/h4-13,26H,1-3H3. The summed E-state index contributed by atoms with van der Waals surface area (Å²) in [5.41, 5.74) is 4.51. The number of nitrogens with zero attached hydrogens (tertiary/aromatic N) is 3. The Morgan fingerprint density at radius 1 is 0.929 bits per heavy atom. The van der Waals surface area contributed by atoms with E-state index in [1.165, 1.54) is 0 Å². The van der Waals surface area contributed by atoms with E-state index in [1.807, 2.05) is 65.3 Å². The second-order valence-corrected chi connectivity index (χ2v) is 8.59. The Kier molecular flexibility index (Phi) is 4.77. The first-order valence-corrected chi connectivity index (χ1v) is 9.75. The Labute approximate surface area is 174 Å². The maximum atomic E-state index is 6.14. The number of fused-ring (bicyclic) bond motifs is 1. The van der Waals surface area contributed by atoms with Crippen molar-refractivity contribution in [2.45, 2.75) is 26.2 Å². The van der Waals surface area contributed by atoms with E-state index < -0.39 is 0 Å². The van der Waals surface area contributed by atoms with Gasteiger partial charge in [0.1, 0.15) is 5.82 Å². The fraction of sp³-hybridized carbons (Fsp3) is 0.182. The monoisotopic (exact) mass is 410 g/mol. The molecule has 2 aromatic heterocycles. The molecule has 0 radical (unpaired) electrons. The van der Waals surface area contributed by atoms with Crippen molar-refractivity contribution in [2.24, 2.45) is 0 Å². The molecule has 0 saturated carbocycles. The molecule has 0 bridgehead atoms. The van der Waals surface area contributed by atoms with Crippen LogP contribution in [-0.2, 0) is 5.41 Å². The van der Waals surface area contributed by atoms with Gasteiger partial charge in [-0.25, -0.2) is 4.98 Å². The molecule has 0 fully saturated rings. The largest absolute Gasteiger partial charge is 0.340 e. The van der Waals surface area contributed by atoms with E-state index >= 15 is 0 Å². The van der Waals surface area contributed by atoms with Gasteiger partial charge in [-0.1, -0.05) is 62.2 Å². The molecular formula is C22H20Cl2N4. The van der Waals surface area contributed by atoms with Gasteiger partial charge in [-0.15, -0.1) is 0 Å². The van der Waals surface area contributed by atoms with Crippen molar-refractivity contribution in [3.8, 4) is 11.1 Å². The van der Waals surface area contributed by atoms with Crippen molar-refractivity contribution >= 4 is 40.4 Å². The number of halogens is 2. The number of rotatable bonds is 3. The first-order chi connectivity index (χ1) is 13.3. The number of benzene rings is 2. The zero-order valence-corrected chi connectivity index (χ0v) is 17.4. The third-order valence-electron chi connectivity index (χ3n) is 4.49. The molecule has 0 aliphatic rings. The minimum absolute atomic E-state index is 0.117. The summed E-state index contributed by atoms with van der Waals surface area (Å²) in [7, 11) is 0. The SMILES string of the molecule is CC(C)(C)c1cc(Nc2cccc(Cl)c2)n2ncc(-c3ccc(Cl)cc3)c2n1. The fourth-order valence-electron chi connectivity index (χ4n) is 2.98. The minimum Gasteiger partial charge on any atom is -0.340 e. The highest BCUT2D eigenvalue weighted by molar-refractivity contribution is 6.31. The Morgan fingerprint density at radius 3 is 2.36 bits per heavy atom. The van der Waals surface area contributed by atoms with Crippen LogP contribution in [0.3, 0.4) is 0 Å². The second kappa shape index (κ2) is 7.12. The van der Waals surface area contributed by atoms with Crippen LogP contribution in [0, 0.1) is 0 Å². The number of hydrogen-bond acceptors (Lipinski definition) is 3. The molecule has 2 aromatic carbocycles. The molecule has 0 atom stereocenters. The Morgan fingerprint density at radius 2 is 1.68 bits per heavy atom. The van der Waals surface area contributed by atoms with Crippen LogP contribution in [0.2, 0.25) is 10.0 Å². The van der Waals surface area contributed by atoms with Gasteiger partial charge >= 0.3 is 0 Å². The Hall–Kier alpha value is -2.56. The molecule has 0 spiro atoms. The van der Waals surface area contributed by atoms with E-state index in [1.54, 1.807) is 0 Å². The van der Waals surface area contributed by atoms with E-state index in [0.29, 0.717) is 10.0 Å². The maximum Gasteiger partial charge on any atom is 0.165 e. The number of nitrogens with one attached hydrogen (secondary N) is 1. The molecule has 6 heteroatoms. The van der Waals surface area contributed by atoms with Gasteiger partial charge < -0.3 is 5.32 Å². The summed E-state index contributed by atoms with van der Waals surface area (Å²) >= 11 is 12.2. The van der Waals surface area contributed by atoms with Crippen molar-refractivity contribution in [1.82, 2.24) is 14.6 Å². The number of aromatic nitrogens is 3. The van der Waals surface area contributed by atoms with Crippen LogP contribution in [0.15, 0.2) is 60.8 Å². The third kappa shape index (κ3) is 3.71. The lowest BCUT2D eigenvalue weighted by atomic mass is 9.92. The highest BCUT2D eigenvalue weighted by Crippen LogP contribution is 2.31. The van der Waals surface area contributed by atoms with Crippen LogP contribution in [0.5, 0.6) is 0 Å². The van der Waals surface area contributed by atoms with Crippen molar-refractivity contribution < 1.29 is 0 Å². The molecule has 28 heavy (non-hydrogen) atoms. The second-order valence-electron chi connectivity index (χ2n) is 7.71. The zero-order valence-electron chi connectivity index (χ0n) is 15.9. The molecule has 2 heterocycles. The first kappa shape index (κ1) is 18.8. The third-order valence-corrected chi connectivity index (χ3v) is 4.98. The number of hydrogen-bond donors (Lipinski definition) is 1. The maximum absolute atomic E-state index is 6.14. The van der Waals surface area contributed by atoms with Crippen molar-refractivity contribution in [1.29, 1.82) is 0 Å². The predicted molar refractivity (Wildman–Crippen MR) is 117 cm³/mol. The van der Waals surface area contributed by atoms with E-state index in [0.717, 1.165) is 34.0 Å². The summed E-state index contributed by atoms with van der Waals surface area (Å²) < 4.78 is 1.82. The summed E-state index contributed by atoms with van der Waals surface area (Å²) in [6, 6.07) is 17.4. The predicted octanol–water partition coefficient (Wildman–Crippen LogP) is 6.74. The summed E-state index contributed by atoms with van der Waals surface area (Å²) in [6.45, 7) is 6.44. The molecule has 4 rings (SSSR count). The van der Waals surface area contributed by atoms with Crippen LogP contribution >= 0.6 is 23.2 Å². The quantitative estimate of drug-likeness (QED) is 0.406. The molecule has 0 aliphatic heterocycles. The molecule has 0 unspecified atom stereocenters. The molecule has 4 nitrogen and oxygen atoms in total. The Balaban J connectivity index is 1.90. The van der Waals surface area contributed by atoms with E-state index in [9.17, 15) is 0 Å². The molecular weight excluding hydrogens is 391 g/mol. The minimum atomic E-state index is -0.117. The smallest absolute Gasteiger partial charge is 0.165 e. The summed E-state index contributed by atoms with van der Waals surface area (Å²) in [6.07, 6.45) is 1.83. The van der Waals surface area contributed by atoms with Crippen LogP contribution in [-0.4, -0.2) is 14.6 Å². The lowest BCUT2D eigenvalue weighted by molar-refractivity contribution is 0.569. The van der Waals surface area contributed by atoms with Gasteiger partial charge in [0, 0.05) is 32.8 Å². The highest BCUT2D eigenvalue weighted by Gasteiger charge is 2.20. The van der Waals surface area contributed by atoms with E-state index in [-0.39, 0.29) is 5.41 Å².